The van der Waals surface area contributed by atoms with E-state index >= 15 is 0 Å². The summed E-state index contributed by atoms with van der Waals surface area (Å²) in [6.07, 6.45) is 0.927. The maximum atomic E-state index is 12.5. The maximum Gasteiger partial charge on any atom is 0.240 e. The van der Waals surface area contributed by atoms with E-state index in [0.29, 0.717) is 37.2 Å². The van der Waals surface area contributed by atoms with Crippen molar-refractivity contribution in [3.8, 4) is 11.5 Å². The highest BCUT2D eigenvalue weighted by molar-refractivity contribution is 7.89. The molecule has 1 heterocycles. The number of hydrogen-bond acceptors (Lipinski definition) is 5. The number of likely N-dealkylation sites (N-methyl/N-ethyl adjacent to an activating group) is 1. The first-order valence-corrected chi connectivity index (χ1v) is 9.33. The molecule has 1 aromatic rings. The molecular formula is C16H26N2O4S. The standard InChI is InChI=1S/C16H26N2O4S/c1-12(2)9-13(18(3)4)11-17-23(19,20)14-5-6-15-16(10-14)22-8-7-21-15/h5-6,10,12-13,17H,7-9,11H2,1-4H3/t13-/m1/s1. The Bertz CT molecular complexity index is 629. The third kappa shape index (κ3) is 4.83. The van der Waals surface area contributed by atoms with Gasteiger partial charge in [0.05, 0.1) is 4.90 Å². The monoisotopic (exact) mass is 342 g/mol. The summed E-state index contributed by atoms with van der Waals surface area (Å²) in [6, 6.07) is 4.86. The Hall–Kier alpha value is -1.31. The second kappa shape index (κ2) is 7.51. The van der Waals surface area contributed by atoms with Crippen LogP contribution in [0.15, 0.2) is 23.1 Å². The van der Waals surface area contributed by atoms with Crippen LogP contribution in [-0.2, 0) is 10.0 Å². The molecule has 1 aliphatic rings. The van der Waals surface area contributed by atoms with Gasteiger partial charge in [-0.25, -0.2) is 13.1 Å². The third-order valence-electron chi connectivity index (χ3n) is 3.81. The normalized spacial score (nSPS) is 15.9. The molecule has 0 saturated carbocycles. The zero-order chi connectivity index (χ0) is 17.0. The van der Waals surface area contributed by atoms with Crippen LogP contribution in [0.4, 0.5) is 0 Å². The number of rotatable bonds is 7. The summed E-state index contributed by atoms with van der Waals surface area (Å²) >= 11 is 0. The minimum atomic E-state index is -3.57. The molecule has 23 heavy (non-hydrogen) atoms. The van der Waals surface area contributed by atoms with Crippen LogP contribution in [0.1, 0.15) is 20.3 Å². The van der Waals surface area contributed by atoms with Gasteiger partial charge in [-0.3, -0.25) is 0 Å². The molecule has 0 spiro atoms. The van der Waals surface area contributed by atoms with E-state index in [1.165, 1.54) is 6.07 Å². The van der Waals surface area contributed by atoms with Gasteiger partial charge >= 0.3 is 0 Å². The molecule has 0 bridgehead atoms. The van der Waals surface area contributed by atoms with E-state index < -0.39 is 10.0 Å². The predicted molar refractivity (Wildman–Crippen MR) is 89.6 cm³/mol. The molecular weight excluding hydrogens is 316 g/mol. The zero-order valence-corrected chi connectivity index (χ0v) is 15.0. The smallest absolute Gasteiger partial charge is 0.240 e. The topological polar surface area (TPSA) is 67.9 Å². The van der Waals surface area contributed by atoms with Gasteiger partial charge in [0.1, 0.15) is 13.2 Å². The Morgan fingerprint density at radius 2 is 1.83 bits per heavy atom. The van der Waals surface area contributed by atoms with E-state index in [-0.39, 0.29) is 10.9 Å². The van der Waals surface area contributed by atoms with Crippen molar-refractivity contribution >= 4 is 10.0 Å². The molecule has 0 radical (unpaired) electrons. The van der Waals surface area contributed by atoms with Crippen molar-refractivity contribution in [2.45, 2.75) is 31.2 Å². The predicted octanol–water partition coefficient (Wildman–Crippen LogP) is 1.71. The van der Waals surface area contributed by atoms with Crippen LogP contribution >= 0.6 is 0 Å². The number of ether oxygens (including phenoxy) is 2. The van der Waals surface area contributed by atoms with Crippen LogP contribution < -0.4 is 14.2 Å². The molecule has 0 unspecified atom stereocenters. The summed E-state index contributed by atoms with van der Waals surface area (Å²) in [5, 5.41) is 0. The van der Waals surface area contributed by atoms with Gasteiger partial charge < -0.3 is 14.4 Å². The van der Waals surface area contributed by atoms with Crippen molar-refractivity contribution in [1.29, 1.82) is 0 Å². The summed E-state index contributed by atoms with van der Waals surface area (Å²) in [4.78, 5) is 2.25. The molecule has 6 nitrogen and oxygen atoms in total. The van der Waals surface area contributed by atoms with Crippen molar-refractivity contribution in [3.05, 3.63) is 18.2 Å². The van der Waals surface area contributed by atoms with Gasteiger partial charge in [0.15, 0.2) is 11.5 Å². The van der Waals surface area contributed by atoms with E-state index in [1.54, 1.807) is 12.1 Å². The lowest BCUT2D eigenvalue weighted by Gasteiger charge is -2.26. The second-order valence-electron chi connectivity index (χ2n) is 6.40. The molecule has 0 fully saturated rings. The average Bonchev–Trinajstić information content (AvgIpc) is 2.50. The fraction of sp³-hybridized carbons (Fsp3) is 0.625. The van der Waals surface area contributed by atoms with Crippen LogP contribution in [-0.4, -0.2) is 53.2 Å². The van der Waals surface area contributed by atoms with Crippen molar-refractivity contribution < 1.29 is 17.9 Å². The number of nitrogens with zero attached hydrogens (tertiary/aromatic N) is 1. The molecule has 7 heteroatoms. The highest BCUT2D eigenvalue weighted by Gasteiger charge is 2.21. The Balaban J connectivity index is 2.09. The molecule has 0 aromatic heterocycles. The fourth-order valence-corrected chi connectivity index (χ4v) is 3.59. The van der Waals surface area contributed by atoms with Crippen LogP contribution in [0.3, 0.4) is 0 Å². The molecule has 1 N–H and O–H groups in total. The number of sulfonamides is 1. The molecule has 0 amide bonds. The molecule has 130 valence electrons. The van der Waals surface area contributed by atoms with Gasteiger partial charge in [-0.15, -0.1) is 0 Å². The highest BCUT2D eigenvalue weighted by Crippen LogP contribution is 2.32. The molecule has 1 atom stereocenters. The van der Waals surface area contributed by atoms with E-state index in [4.69, 9.17) is 9.47 Å². The first-order valence-electron chi connectivity index (χ1n) is 7.85. The van der Waals surface area contributed by atoms with Crippen LogP contribution in [0, 0.1) is 5.92 Å². The molecule has 2 rings (SSSR count). The Labute approximate surface area is 138 Å². The van der Waals surface area contributed by atoms with Crippen molar-refractivity contribution in [2.75, 3.05) is 33.9 Å². The highest BCUT2D eigenvalue weighted by atomic mass is 32.2. The van der Waals surface area contributed by atoms with Crippen molar-refractivity contribution in [1.82, 2.24) is 9.62 Å². The van der Waals surface area contributed by atoms with E-state index in [1.807, 2.05) is 19.0 Å². The van der Waals surface area contributed by atoms with Crippen molar-refractivity contribution in [3.63, 3.8) is 0 Å². The lowest BCUT2D eigenvalue weighted by Crippen LogP contribution is -2.41. The molecule has 0 aliphatic carbocycles. The fourth-order valence-electron chi connectivity index (χ4n) is 2.50. The number of fused-ring (bicyclic) bond motifs is 1. The van der Waals surface area contributed by atoms with Gasteiger partial charge in [0.25, 0.3) is 0 Å². The third-order valence-corrected chi connectivity index (χ3v) is 5.23. The average molecular weight is 342 g/mol. The number of benzene rings is 1. The van der Waals surface area contributed by atoms with Crippen LogP contribution in [0.5, 0.6) is 11.5 Å². The first kappa shape index (κ1) is 18.0. The van der Waals surface area contributed by atoms with E-state index in [0.717, 1.165) is 6.42 Å². The zero-order valence-electron chi connectivity index (χ0n) is 14.2. The largest absolute Gasteiger partial charge is 0.486 e. The van der Waals surface area contributed by atoms with Gasteiger partial charge in [-0.05, 0) is 38.6 Å². The maximum absolute atomic E-state index is 12.5. The van der Waals surface area contributed by atoms with Gasteiger partial charge in [0, 0.05) is 18.7 Å². The second-order valence-corrected chi connectivity index (χ2v) is 8.17. The number of hydrogen-bond donors (Lipinski definition) is 1. The Kier molecular flexibility index (Phi) is 5.89. The minimum Gasteiger partial charge on any atom is -0.486 e. The quantitative estimate of drug-likeness (QED) is 0.817. The summed E-state index contributed by atoms with van der Waals surface area (Å²) < 4.78 is 38.6. The lowest BCUT2D eigenvalue weighted by molar-refractivity contribution is 0.171. The van der Waals surface area contributed by atoms with Crippen molar-refractivity contribution in [2.24, 2.45) is 5.92 Å². The van der Waals surface area contributed by atoms with Crippen LogP contribution in [0.2, 0.25) is 0 Å². The van der Waals surface area contributed by atoms with Gasteiger partial charge in [-0.1, -0.05) is 13.8 Å². The van der Waals surface area contributed by atoms with E-state index in [2.05, 4.69) is 18.6 Å². The summed E-state index contributed by atoms with van der Waals surface area (Å²) in [7, 11) is 0.357. The summed E-state index contributed by atoms with van der Waals surface area (Å²) in [5.74, 6) is 1.56. The summed E-state index contributed by atoms with van der Waals surface area (Å²) in [5.41, 5.74) is 0. The molecule has 1 aromatic carbocycles. The first-order chi connectivity index (χ1) is 10.8. The SMILES string of the molecule is CC(C)C[C@H](CNS(=O)(=O)c1ccc2c(c1)OCCO2)N(C)C. The molecule has 1 aliphatic heterocycles. The molecule has 0 saturated heterocycles. The Morgan fingerprint density at radius 1 is 1.17 bits per heavy atom. The van der Waals surface area contributed by atoms with Gasteiger partial charge in [-0.2, -0.15) is 0 Å². The van der Waals surface area contributed by atoms with E-state index in [9.17, 15) is 8.42 Å². The number of nitrogens with one attached hydrogen (secondary N) is 1. The lowest BCUT2D eigenvalue weighted by atomic mass is 10.0. The minimum absolute atomic E-state index is 0.155. The van der Waals surface area contributed by atoms with Gasteiger partial charge in [0.2, 0.25) is 10.0 Å². The van der Waals surface area contributed by atoms with Crippen LogP contribution in [0.25, 0.3) is 0 Å². The Morgan fingerprint density at radius 3 is 2.43 bits per heavy atom. The summed E-state index contributed by atoms with van der Waals surface area (Å²) in [6.45, 7) is 5.55.